The molecule has 2 bridgehead atoms. The maximum atomic E-state index is 9.02. The van der Waals surface area contributed by atoms with Gasteiger partial charge in [-0.05, 0) is 37.0 Å². The van der Waals surface area contributed by atoms with E-state index < -0.39 is 0 Å². The normalized spacial score (nSPS) is 41.7. The summed E-state index contributed by atoms with van der Waals surface area (Å²) in [5, 5.41) is 9.02. The summed E-state index contributed by atoms with van der Waals surface area (Å²) >= 11 is 0. The summed E-state index contributed by atoms with van der Waals surface area (Å²) in [5.74, 6) is 1.85. The zero-order chi connectivity index (χ0) is 11.1. The molecule has 0 heterocycles. The van der Waals surface area contributed by atoms with E-state index in [2.05, 4.69) is 32.6 Å². The fourth-order valence-electron chi connectivity index (χ4n) is 3.21. The Morgan fingerprint density at radius 3 is 2.87 bits per heavy atom. The molecule has 15 heavy (non-hydrogen) atoms. The molecule has 0 aromatic heterocycles. The Kier molecular flexibility index (Phi) is 2.76. The van der Waals surface area contributed by atoms with Gasteiger partial charge in [0.1, 0.15) is 0 Å². The van der Waals surface area contributed by atoms with Crippen LogP contribution in [0.1, 0.15) is 33.1 Å². The molecular formula is C14H22O. The van der Waals surface area contributed by atoms with Crippen LogP contribution in [0, 0.1) is 23.2 Å². The molecule has 1 unspecified atom stereocenters. The number of hydrogen-bond acceptors (Lipinski definition) is 1. The molecule has 0 saturated heterocycles. The first-order valence-electron chi connectivity index (χ1n) is 6.07. The van der Waals surface area contributed by atoms with Crippen LogP contribution in [0.4, 0.5) is 0 Å². The van der Waals surface area contributed by atoms with Crippen molar-refractivity contribution in [2.45, 2.75) is 33.1 Å². The predicted molar refractivity (Wildman–Crippen MR) is 63.5 cm³/mol. The molecule has 0 radical (unpaired) electrons. The van der Waals surface area contributed by atoms with E-state index >= 15 is 0 Å². The number of allylic oxidation sites excluding steroid dienone is 2. The van der Waals surface area contributed by atoms with Gasteiger partial charge in [0.2, 0.25) is 0 Å². The largest absolute Gasteiger partial charge is 0.396 e. The number of aliphatic hydroxyl groups is 1. The number of hydrogen-bond donors (Lipinski definition) is 1. The molecule has 2 saturated carbocycles. The van der Waals surface area contributed by atoms with Gasteiger partial charge in [-0.1, -0.05) is 38.2 Å². The van der Waals surface area contributed by atoms with E-state index in [1.165, 1.54) is 24.8 Å². The van der Waals surface area contributed by atoms with E-state index in [1.807, 2.05) is 0 Å². The summed E-state index contributed by atoms with van der Waals surface area (Å²) in [6, 6.07) is 0. The summed E-state index contributed by atoms with van der Waals surface area (Å²) in [7, 11) is 0. The highest BCUT2D eigenvalue weighted by Crippen LogP contribution is 2.59. The molecule has 2 rings (SSSR count). The molecule has 0 aromatic carbocycles. The maximum absolute atomic E-state index is 9.02. The molecule has 84 valence electrons. The first-order valence-corrected chi connectivity index (χ1v) is 6.07. The third kappa shape index (κ3) is 1.67. The minimum atomic E-state index is 0.215. The van der Waals surface area contributed by atoms with Crippen molar-refractivity contribution in [1.82, 2.24) is 0 Å². The Morgan fingerprint density at radius 1 is 1.60 bits per heavy atom. The molecule has 0 amide bonds. The van der Waals surface area contributed by atoms with Crippen molar-refractivity contribution in [2.75, 3.05) is 6.61 Å². The Balaban J connectivity index is 2.13. The highest BCUT2D eigenvalue weighted by atomic mass is 16.3. The standard InChI is InChI=1S/C14H22O/c1-10(9-15)6-7-14(3)11(2)12-4-5-13(14)8-12/h6-7,10,12-13,15H,2,4-5,8-9H2,1,3H3/b7-6+/t10?,12-,13+,14+/m1/s1. The summed E-state index contributed by atoms with van der Waals surface area (Å²) in [6.45, 7) is 8.89. The highest BCUT2D eigenvalue weighted by molar-refractivity contribution is 5.30. The zero-order valence-electron chi connectivity index (χ0n) is 9.87. The van der Waals surface area contributed by atoms with Gasteiger partial charge in [-0.3, -0.25) is 0 Å². The molecule has 0 spiro atoms. The number of rotatable bonds is 3. The van der Waals surface area contributed by atoms with Gasteiger partial charge < -0.3 is 5.11 Å². The van der Waals surface area contributed by atoms with Crippen molar-refractivity contribution in [3.05, 3.63) is 24.3 Å². The van der Waals surface area contributed by atoms with Crippen LogP contribution in [0.3, 0.4) is 0 Å². The molecule has 2 aliphatic carbocycles. The molecule has 2 fully saturated rings. The van der Waals surface area contributed by atoms with Crippen LogP contribution >= 0.6 is 0 Å². The Labute approximate surface area is 92.9 Å². The average molecular weight is 206 g/mol. The summed E-state index contributed by atoms with van der Waals surface area (Å²) in [6.07, 6.45) is 8.51. The van der Waals surface area contributed by atoms with Gasteiger partial charge in [0, 0.05) is 12.0 Å². The third-order valence-corrected chi connectivity index (χ3v) is 4.52. The van der Waals surface area contributed by atoms with Crippen molar-refractivity contribution in [3.63, 3.8) is 0 Å². The van der Waals surface area contributed by atoms with Crippen molar-refractivity contribution in [2.24, 2.45) is 23.2 Å². The van der Waals surface area contributed by atoms with Crippen LogP contribution in [0.5, 0.6) is 0 Å². The molecule has 0 aromatic rings. The van der Waals surface area contributed by atoms with E-state index in [1.54, 1.807) is 0 Å². The molecule has 1 nitrogen and oxygen atoms in total. The van der Waals surface area contributed by atoms with Crippen LogP contribution in [0.25, 0.3) is 0 Å². The van der Waals surface area contributed by atoms with Gasteiger partial charge in [-0.2, -0.15) is 0 Å². The van der Waals surface area contributed by atoms with E-state index in [9.17, 15) is 0 Å². The number of fused-ring (bicyclic) bond motifs is 2. The lowest BCUT2D eigenvalue weighted by Gasteiger charge is -2.33. The fourth-order valence-corrected chi connectivity index (χ4v) is 3.21. The second-order valence-electron chi connectivity index (χ2n) is 5.53. The smallest absolute Gasteiger partial charge is 0.0491 e. The lowest BCUT2D eigenvalue weighted by Crippen LogP contribution is -2.24. The van der Waals surface area contributed by atoms with Crippen molar-refractivity contribution < 1.29 is 5.11 Å². The van der Waals surface area contributed by atoms with Gasteiger partial charge in [0.25, 0.3) is 0 Å². The minimum Gasteiger partial charge on any atom is -0.396 e. The third-order valence-electron chi connectivity index (χ3n) is 4.52. The molecule has 2 aliphatic rings. The van der Waals surface area contributed by atoms with E-state index in [-0.39, 0.29) is 17.9 Å². The first kappa shape index (κ1) is 10.9. The molecular weight excluding hydrogens is 184 g/mol. The van der Waals surface area contributed by atoms with E-state index in [4.69, 9.17) is 5.11 Å². The monoisotopic (exact) mass is 206 g/mol. The topological polar surface area (TPSA) is 20.2 Å². The summed E-state index contributed by atoms with van der Waals surface area (Å²) < 4.78 is 0. The van der Waals surface area contributed by atoms with Gasteiger partial charge in [-0.25, -0.2) is 0 Å². The Hall–Kier alpha value is -0.560. The zero-order valence-corrected chi connectivity index (χ0v) is 9.87. The van der Waals surface area contributed by atoms with Crippen LogP contribution in [0.2, 0.25) is 0 Å². The Bertz CT molecular complexity index is 292. The van der Waals surface area contributed by atoms with Crippen LogP contribution in [0.15, 0.2) is 24.3 Å². The lowest BCUT2D eigenvalue weighted by atomic mass is 9.71. The fraction of sp³-hybridized carbons (Fsp3) is 0.714. The predicted octanol–water partition coefficient (Wildman–Crippen LogP) is 3.16. The van der Waals surface area contributed by atoms with E-state index in [0.29, 0.717) is 0 Å². The second kappa shape index (κ2) is 3.79. The highest BCUT2D eigenvalue weighted by Gasteiger charge is 2.49. The minimum absolute atomic E-state index is 0.215. The van der Waals surface area contributed by atoms with Crippen LogP contribution < -0.4 is 0 Å². The van der Waals surface area contributed by atoms with Gasteiger partial charge >= 0.3 is 0 Å². The molecule has 4 atom stereocenters. The van der Waals surface area contributed by atoms with Crippen molar-refractivity contribution in [1.29, 1.82) is 0 Å². The quantitative estimate of drug-likeness (QED) is 0.703. The first-order chi connectivity index (χ1) is 7.08. The van der Waals surface area contributed by atoms with Gasteiger partial charge in [-0.15, -0.1) is 0 Å². The molecule has 1 N–H and O–H groups in total. The number of aliphatic hydroxyl groups excluding tert-OH is 1. The van der Waals surface area contributed by atoms with E-state index in [0.717, 1.165) is 11.8 Å². The van der Waals surface area contributed by atoms with Gasteiger partial charge in [0.05, 0.1) is 0 Å². The summed E-state index contributed by atoms with van der Waals surface area (Å²) in [5.41, 5.74) is 1.65. The molecule has 1 heteroatoms. The van der Waals surface area contributed by atoms with Crippen molar-refractivity contribution >= 4 is 0 Å². The molecule has 0 aliphatic heterocycles. The van der Waals surface area contributed by atoms with Crippen molar-refractivity contribution in [3.8, 4) is 0 Å². The average Bonchev–Trinajstić information content (AvgIpc) is 2.80. The lowest BCUT2D eigenvalue weighted by molar-refractivity contribution is 0.259. The second-order valence-corrected chi connectivity index (χ2v) is 5.53. The summed E-state index contributed by atoms with van der Waals surface area (Å²) in [4.78, 5) is 0. The van der Waals surface area contributed by atoms with Crippen LogP contribution in [-0.2, 0) is 0 Å². The van der Waals surface area contributed by atoms with Gasteiger partial charge in [0.15, 0.2) is 0 Å². The SMILES string of the molecule is C=C1[C@@H]2CC[C@@H](C2)[C@@]1(C)/C=C/C(C)CO. The maximum Gasteiger partial charge on any atom is 0.0491 e. The van der Waals surface area contributed by atoms with Crippen LogP contribution in [-0.4, -0.2) is 11.7 Å². The Morgan fingerprint density at radius 2 is 2.33 bits per heavy atom.